The fraction of sp³-hybridized carbons (Fsp3) is 0. The van der Waals surface area contributed by atoms with Gasteiger partial charge in [-0.05, 0) is 69.7 Å². The molecule has 0 amide bonds. The van der Waals surface area contributed by atoms with Crippen LogP contribution in [0.2, 0.25) is 0 Å². The molecule has 0 aliphatic carbocycles. The molecule has 4 aromatic heterocycles. The standard InChI is InChI=1S/C46H26N2OS2/c1-3-19-40-34(13-1)36-17-7-15-32(45(36)50-40)29-10-5-9-27(23-29)28-21-22-39-38(25-28)43-44(49-39)42(47-26-48-43)31-12-6-11-30(24-31)33-16-8-18-37-35-14-2-4-20-41(35)51-46(33)37/h1-26H/i1D,2D,3D,4D,7D,8D,9D,10D,11D,12D,13D,14D,15D,16D,17D,18D,19D,20D,23D,24D. The molecule has 0 N–H and O–H groups in total. The third-order valence-corrected chi connectivity index (χ3v) is 10.8. The van der Waals surface area contributed by atoms with Gasteiger partial charge in [-0.25, -0.2) is 9.97 Å². The zero-order valence-corrected chi connectivity index (χ0v) is 27.2. The van der Waals surface area contributed by atoms with Crippen molar-refractivity contribution in [1.29, 1.82) is 0 Å². The van der Waals surface area contributed by atoms with Gasteiger partial charge in [0, 0.05) is 51.3 Å². The van der Waals surface area contributed by atoms with Gasteiger partial charge in [0.1, 0.15) is 23.1 Å². The fourth-order valence-electron chi connectivity index (χ4n) is 6.23. The van der Waals surface area contributed by atoms with Crippen LogP contribution < -0.4 is 0 Å². The van der Waals surface area contributed by atoms with Gasteiger partial charge in [-0.15, -0.1) is 22.7 Å². The Morgan fingerprint density at radius 1 is 0.510 bits per heavy atom. The normalized spacial score (nSPS) is 17.4. The van der Waals surface area contributed by atoms with Gasteiger partial charge in [-0.3, -0.25) is 0 Å². The van der Waals surface area contributed by atoms with E-state index in [1.807, 2.05) is 0 Å². The molecule has 51 heavy (non-hydrogen) atoms. The van der Waals surface area contributed by atoms with Crippen LogP contribution in [0, 0.1) is 0 Å². The van der Waals surface area contributed by atoms with Crippen molar-refractivity contribution in [2.75, 3.05) is 0 Å². The van der Waals surface area contributed by atoms with Gasteiger partial charge in [-0.1, -0.05) is 115 Å². The Balaban J connectivity index is 1.11. The van der Waals surface area contributed by atoms with Crippen molar-refractivity contribution in [1.82, 2.24) is 9.97 Å². The third kappa shape index (κ3) is 4.49. The molecular weight excluding hydrogens is 661 g/mol. The molecule has 0 atom stereocenters. The monoisotopic (exact) mass is 706 g/mol. The summed E-state index contributed by atoms with van der Waals surface area (Å²) in [6.07, 6.45) is 1.16. The highest BCUT2D eigenvalue weighted by atomic mass is 32.1. The third-order valence-electron chi connectivity index (χ3n) is 8.51. The van der Waals surface area contributed by atoms with E-state index in [9.17, 15) is 2.74 Å². The van der Waals surface area contributed by atoms with Crippen molar-refractivity contribution in [3.8, 4) is 44.6 Å². The Morgan fingerprint density at radius 3 is 1.78 bits per heavy atom. The van der Waals surface area contributed by atoms with Crippen LogP contribution in [0.4, 0.5) is 0 Å². The number of aromatic nitrogens is 2. The first-order valence-electron chi connectivity index (χ1n) is 25.3. The van der Waals surface area contributed by atoms with E-state index in [1.165, 1.54) is 18.2 Å². The highest BCUT2D eigenvalue weighted by Crippen LogP contribution is 2.43. The van der Waals surface area contributed by atoms with Crippen LogP contribution >= 0.6 is 22.7 Å². The minimum atomic E-state index is -0.610. The predicted octanol–water partition coefficient (Wildman–Crippen LogP) is 13.8. The Morgan fingerprint density at radius 2 is 1.10 bits per heavy atom. The first kappa shape index (κ1) is 15.4. The zero-order chi connectivity index (χ0) is 50.9. The number of benzene rings is 7. The minimum absolute atomic E-state index is 0.0160. The van der Waals surface area contributed by atoms with Gasteiger partial charge < -0.3 is 4.42 Å². The van der Waals surface area contributed by atoms with Crippen LogP contribution in [0.3, 0.4) is 0 Å². The molecule has 0 radical (unpaired) electrons. The number of rotatable bonds is 4. The highest BCUT2D eigenvalue weighted by Gasteiger charge is 2.18. The van der Waals surface area contributed by atoms with E-state index in [2.05, 4.69) is 9.97 Å². The summed E-state index contributed by atoms with van der Waals surface area (Å²) in [5.41, 5.74) is -0.335. The van der Waals surface area contributed by atoms with Gasteiger partial charge in [-0.2, -0.15) is 0 Å². The molecule has 0 aliphatic heterocycles. The number of furan rings is 1. The Labute approximate surface area is 328 Å². The van der Waals surface area contributed by atoms with Crippen molar-refractivity contribution < 1.29 is 31.8 Å². The molecule has 5 heteroatoms. The smallest absolute Gasteiger partial charge is 0.180 e. The lowest BCUT2D eigenvalue weighted by molar-refractivity contribution is 0.667. The van der Waals surface area contributed by atoms with Crippen molar-refractivity contribution in [2.24, 2.45) is 0 Å². The van der Waals surface area contributed by atoms with Gasteiger partial charge in [0.25, 0.3) is 0 Å². The topological polar surface area (TPSA) is 38.9 Å². The van der Waals surface area contributed by atoms with Crippen LogP contribution in [0.25, 0.3) is 107 Å². The van der Waals surface area contributed by atoms with E-state index < -0.39 is 96.7 Å². The second-order valence-corrected chi connectivity index (χ2v) is 13.4. The van der Waals surface area contributed by atoms with Crippen molar-refractivity contribution in [3.63, 3.8) is 0 Å². The largest absolute Gasteiger partial charge is 0.452 e. The average molecular weight is 707 g/mol. The number of nitrogens with zero attached hydrogens (tertiary/aromatic N) is 2. The average Bonchev–Trinajstić information content (AvgIpc) is 4.05. The predicted molar refractivity (Wildman–Crippen MR) is 217 cm³/mol. The van der Waals surface area contributed by atoms with Gasteiger partial charge in [0.2, 0.25) is 0 Å². The number of hydrogen-bond acceptors (Lipinski definition) is 5. The molecule has 0 saturated carbocycles. The molecule has 4 heterocycles. The molecule has 3 nitrogen and oxygen atoms in total. The zero-order valence-electron chi connectivity index (χ0n) is 45.6. The summed E-state index contributed by atoms with van der Waals surface area (Å²) >= 11 is 1.69. The van der Waals surface area contributed by atoms with E-state index >= 15 is 0 Å². The second kappa shape index (κ2) is 11.2. The molecule has 0 fully saturated rings. The summed E-state index contributed by atoms with van der Waals surface area (Å²) in [6, 6.07) is -2.35. The van der Waals surface area contributed by atoms with Crippen LogP contribution in [0.15, 0.2) is 162 Å². The van der Waals surface area contributed by atoms with Gasteiger partial charge >= 0.3 is 0 Å². The Bertz CT molecular complexity index is 4320. The van der Waals surface area contributed by atoms with E-state index in [0.29, 0.717) is 5.39 Å². The number of fused-ring (bicyclic) bond motifs is 9. The molecule has 0 saturated heterocycles. The quantitative estimate of drug-likeness (QED) is 0.183. The molecule has 0 unspecified atom stereocenters. The lowest BCUT2D eigenvalue weighted by Crippen LogP contribution is -1.88. The van der Waals surface area contributed by atoms with Crippen LogP contribution in [0.5, 0.6) is 0 Å². The highest BCUT2D eigenvalue weighted by molar-refractivity contribution is 7.26. The molecule has 0 spiro atoms. The first-order valence-corrected chi connectivity index (χ1v) is 17.0. The summed E-state index contributed by atoms with van der Waals surface area (Å²) < 4.78 is 183. The number of thiophene rings is 2. The van der Waals surface area contributed by atoms with Crippen LogP contribution in [-0.2, 0) is 0 Å². The molecule has 7 aromatic carbocycles. The van der Waals surface area contributed by atoms with Crippen molar-refractivity contribution in [3.05, 3.63) is 158 Å². The lowest BCUT2D eigenvalue weighted by Gasteiger charge is -2.08. The summed E-state index contributed by atoms with van der Waals surface area (Å²) in [6.45, 7) is 0. The maximum Gasteiger partial charge on any atom is 0.180 e. The maximum absolute atomic E-state index is 9.57. The summed E-state index contributed by atoms with van der Waals surface area (Å²) in [7, 11) is 0. The second-order valence-electron chi connectivity index (χ2n) is 11.3. The van der Waals surface area contributed by atoms with E-state index in [1.54, 1.807) is 6.07 Å². The fourth-order valence-corrected chi connectivity index (χ4v) is 8.37. The summed E-state index contributed by atoms with van der Waals surface area (Å²) in [5.74, 6) is 0. The van der Waals surface area contributed by atoms with E-state index in [0.717, 1.165) is 35.1 Å². The number of hydrogen-bond donors (Lipinski definition) is 0. The molecule has 11 rings (SSSR count). The molecule has 0 aliphatic rings. The van der Waals surface area contributed by atoms with Gasteiger partial charge in [0.05, 0.1) is 27.4 Å². The van der Waals surface area contributed by atoms with Crippen molar-refractivity contribution in [2.45, 2.75) is 0 Å². The van der Waals surface area contributed by atoms with Crippen LogP contribution in [-0.4, -0.2) is 9.97 Å². The molecular formula is C46H26N2OS2. The molecule has 11 aromatic rings. The Kier molecular flexibility index (Phi) is 3.38. The lowest BCUT2D eigenvalue weighted by atomic mass is 9.97. The SMILES string of the molecule is [2H]c1cc([2H])c(-c2c([2H])c([2H])c([2H])c3c2sc2c([2H])c([2H])c([2H])c([2H])c23)c([2H])c1-c1ccc2oc3c(-c4c([2H])cc([2H])c(-c5c([2H])c([2H])c([2H])c6c5sc5c([2H])c([2H])c([2H])c([2H])c56)c4[2H])ncnc3c2c1. The maximum atomic E-state index is 9.57. The summed E-state index contributed by atoms with van der Waals surface area (Å²) in [5, 5.41) is 0.186. The van der Waals surface area contributed by atoms with E-state index in [-0.39, 0.29) is 126 Å². The van der Waals surface area contributed by atoms with Crippen LogP contribution in [0.1, 0.15) is 27.4 Å². The first-order chi connectivity index (χ1) is 33.6. The van der Waals surface area contributed by atoms with Gasteiger partial charge in [0.15, 0.2) is 5.58 Å². The van der Waals surface area contributed by atoms with Crippen molar-refractivity contribution >= 4 is 85.1 Å². The molecule has 0 bridgehead atoms. The minimum Gasteiger partial charge on any atom is -0.452 e. The van der Waals surface area contributed by atoms with E-state index in [4.69, 9.17) is 29.1 Å². The summed E-state index contributed by atoms with van der Waals surface area (Å²) in [4.78, 5) is 8.89. The molecule has 238 valence electrons. The Hall–Kier alpha value is -6.14.